The lowest BCUT2D eigenvalue weighted by Gasteiger charge is -2.27. The summed E-state index contributed by atoms with van der Waals surface area (Å²) in [4.78, 5) is 11.8. The number of rotatable bonds is 5. The highest BCUT2D eigenvalue weighted by molar-refractivity contribution is 5.79. The third kappa shape index (κ3) is 4.10. The highest BCUT2D eigenvalue weighted by atomic mass is 16.5. The second-order valence-corrected chi connectivity index (χ2v) is 5.27. The van der Waals surface area contributed by atoms with E-state index in [0.29, 0.717) is 0 Å². The van der Waals surface area contributed by atoms with Crippen LogP contribution in [0, 0.1) is 5.92 Å². The molecule has 16 heavy (non-hydrogen) atoms. The summed E-state index contributed by atoms with van der Waals surface area (Å²) in [5, 5.41) is 6.25. The lowest BCUT2D eigenvalue weighted by atomic mass is 9.99. The first-order chi connectivity index (χ1) is 7.44. The van der Waals surface area contributed by atoms with Crippen molar-refractivity contribution in [3.05, 3.63) is 0 Å². The van der Waals surface area contributed by atoms with Crippen LogP contribution >= 0.6 is 0 Å². The molecule has 0 saturated carbocycles. The molecular formula is C12H24N2O2. The summed E-state index contributed by atoms with van der Waals surface area (Å²) in [6, 6.07) is 0.156. The average molecular weight is 228 g/mol. The molecule has 0 aromatic heterocycles. The first-order valence-electron chi connectivity index (χ1n) is 6.01. The van der Waals surface area contributed by atoms with Gasteiger partial charge in [-0.1, -0.05) is 0 Å². The molecule has 1 aliphatic heterocycles. The van der Waals surface area contributed by atoms with Gasteiger partial charge in [0.2, 0.25) is 5.91 Å². The van der Waals surface area contributed by atoms with Crippen LogP contribution in [0.5, 0.6) is 0 Å². The molecule has 0 bridgehead atoms. The lowest BCUT2D eigenvalue weighted by Crippen LogP contribution is -2.42. The monoisotopic (exact) mass is 228 g/mol. The normalized spacial score (nSPS) is 23.1. The van der Waals surface area contributed by atoms with Gasteiger partial charge in [0, 0.05) is 19.7 Å². The van der Waals surface area contributed by atoms with Crippen molar-refractivity contribution in [1.82, 2.24) is 10.6 Å². The molecule has 0 aromatic carbocycles. The molecule has 1 rings (SSSR count). The number of methoxy groups -OCH3 is 1. The number of carbonyl (C=O) groups excluding carboxylic acids is 1. The molecule has 4 nitrogen and oxygen atoms in total. The van der Waals surface area contributed by atoms with Crippen LogP contribution in [0.2, 0.25) is 0 Å². The number of hydrogen-bond acceptors (Lipinski definition) is 3. The topological polar surface area (TPSA) is 50.4 Å². The minimum Gasteiger partial charge on any atom is -0.379 e. The Morgan fingerprint density at radius 2 is 2.31 bits per heavy atom. The minimum atomic E-state index is -0.180. The molecule has 1 saturated heterocycles. The minimum absolute atomic E-state index is 0.146. The van der Waals surface area contributed by atoms with Crippen molar-refractivity contribution in [3.63, 3.8) is 0 Å². The maximum atomic E-state index is 11.8. The van der Waals surface area contributed by atoms with E-state index in [1.165, 1.54) is 0 Å². The van der Waals surface area contributed by atoms with Crippen molar-refractivity contribution >= 4 is 5.91 Å². The molecule has 0 spiro atoms. The molecule has 2 unspecified atom stereocenters. The van der Waals surface area contributed by atoms with Gasteiger partial charge in [-0.15, -0.1) is 0 Å². The van der Waals surface area contributed by atoms with Gasteiger partial charge in [-0.3, -0.25) is 4.79 Å². The molecule has 0 aliphatic carbocycles. The van der Waals surface area contributed by atoms with E-state index in [2.05, 4.69) is 10.6 Å². The Bertz CT molecular complexity index is 235. The fourth-order valence-electron chi connectivity index (χ4n) is 2.11. The summed E-state index contributed by atoms with van der Waals surface area (Å²) >= 11 is 0. The van der Waals surface area contributed by atoms with Crippen LogP contribution in [0.1, 0.15) is 33.6 Å². The van der Waals surface area contributed by atoms with Crippen LogP contribution in [-0.2, 0) is 9.53 Å². The molecule has 0 radical (unpaired) electrons. The molecule has 1 aliphatic rings. The van der Waals surface area contributed by atoms with E-state index in [4.69, 9.17) is 4.74 Å². The molecule has 1 amide bonds. The second-order valence-electron chi connectivity index (χ2n) is 5.27. The maximum Gasteiger partial charge on any atom is 0.224 e. The fourth-order valence-corrected chi connectivity index (χ4v) is 2.11. The second kappa shape index (κ2) is 5.64. The van der Waals surface area contributed by atoms with Crippen molar-refractivity contribution in [2.45, 2.75) is 45.3 Å². The third-order valence-corrected chi connectivity index (χ3v) is 3.17. The van der Waals surface area contributed by atoms with Gasteiger partial charge in [0.25, 0.3) is 0 Å². The zero-order valence-corrected chi connectivity index (χ0v) is 10.8. The van der Waals surface area contributed by atoms with Gasteiger partial charge in [0.15, 0.2) is 0 Å². The number of amides is 1. The molecule has 2 N–H and O–H groups in total. The van der Waals surface area contributed by atoms with Gasteiger partial charge in [0.05, 0.1) is 11.5 Å². The Balaban J connectivity index is 2.33. The predicted molar refractivity (Wildman–Crippen MR) is 64.3 cm³/mol. The first kappa shape index (κ1) is 13.5. The van der Waals surface area contributed by atoms with Crippen LogP contribution in [-0.4, -0.2) is 37.7 Å². The number of ether oxygens (including phenoxy) is 1. The van der Waals surface area contributed by atoms with Gasteiger partial charge in [-0.2, -0.15) is 0 Å². The largest absolute Gasteiger partial charge is 0.379 e. The number of nitrogens with one attached hydrogen (secondary N) is 2. The third-order valence-electron chi connectivity index (χ3n) is 3.17. The van der Waals surface area contributed by atoms with E-state index in [1.54, 1.807) is 7.11 Å². The Hall–Kier alpha value is -0.610. The van der Waals surface area contributed by atoms with Crippen LogP contribution in [0.4, 0.5) is 0 Å². The Kier molecular flexibility index (Phi) is 4.74. The van der Waals surface area contributed by atoms with E-state index < -0.39 is 0 Å². The molecule has 4 heteroatoms. The zero-order chi connectivity index (χ0) is 12.2. The molecule has 1 heterocycles. The van der Waals surface area contributed by atoms with Gasteiger partial charge >= 0.3 is 0 Å². The predicted octanol–water partition coefficient (Wildman–Crippen LogP) is 0.916. The molecule has 94 valence electrons. The highest BCUT2D eigenvalue weighted by Gasteiger charge is 2.26. The molecule has 2 atom stereocenters. The highest BCUT2D eigenvalue weighted by Crippen LogP contribution is 2.16. The summed E-state index contributed by atoms with van der Waals surface area (Å²) in [5.41, 5.74) is -0.180. The maximum absolute atomic E-state index is 11.8. The standard InChI is InChI=1S/C12H24N2O2/c1-9(7-12(2,3)16-4)14-11(15)10-5-6-13-8-10/h9-10,13H,5-8H2,1-4H3,(H,14,15). The smallest absolute Gasteiger partial charge is 0.224 e. The summed E-state index contributed by atoms with van der Waals surface area (Å²) in [7, 11) is 1.70. The summed E-state index contributed by atoms with van der Waals surface area (Å²) in [6.07, 6.45) is 1.78. The van der Waals surface area contributed by atoms with Gasteiger partial charge < -0.3 is 15.4 Å². The number of carbonyl (C=O) groups is 1. The van der Waals surface area contributed by atoms with Crippen molar-refractivity contribution in [1.29, 1.82) is 0 Å². The summed E-state index contributed by atoms with van der Waals surface area (Å²) < 4.78 is 5.35. The van der Waals surface area contributed by atoms with E-state index in [9.17, 15) is 4.79 Å². The van der Waals surface area contributed by atoms with Gasteiger partial charge in [-0.05, 0) is 40.2 Å². The van der Waals surface area contributed by atoms with Crippen LogP contribution in [0.25, 0.3) is 0 Å². The van der Waals surface area contributed by atoms with Crippen molar-refractivity contribution < 1.29 is 9.53 Å². The van der Waals surface area contributed by atoms with Crippen molar-refractivity contribution in [2.75, 3.05) is 20.2 Å². The summed E-state index contributed by atoms with van der Waals surface area (Å²) in [6.45, 7) is 7.86. The first-order valence-corrected chi connectivity index (χ1v) is 6.01. The van der Waals surface area contributed by atoms with Gasteiger partial charge in [0.1, 0.15) is 0 Å². The van der Waals surface area contributed by atoms with E-state index in [1.807, 2.05) is 20.8 Å². The van der Waals surface area contributed by atoms with E-state index in [-0.39, 0.29) is 23.5 Å². The molecular weight excluding hydrogens is 204 g/mol. The quantitative estimate of drug-likeness (QED) is 0.735. The van der Waals surface area contributed by atoms with Crippen LogP contribution < -0.4 is 10.6 Å². The molecule has 1 fully saturated rings. The van der Waals surface area contributed by atoms with E-state index >= 15 is 0 Å². The van der Waals surface area contributed by atoms with E-state index in [0.717, 1.165) is 25.9 Å². The van der Waals surface area contributed by atoms with Crippen LogP contribution in [0.3, 0.4) is 0 Å². The number of hydrogen-bond donors (Lipinski definition) is 2. The SMILES string of the molecule is COC(C)(C)CC(C)NC(=O)C1CCNC1. The Labute approximate surface area is 98.1 Å². The van der Waals surface area contributed by atoms with Crippen molar-refractivity contribution in [3.8, 4) is 0 Å². The van der Waals surface area contributed by atoms with Crippen molar-refractivity contribution in [2.24, 2.45) is 5.92 Å². The Morgan fingerprint density at radius 1 is 1.62 bits per heavy atom. The van der Waals surface area contributed by atoms with Gasteiger partial charge in [-0.25, -0.2) is 0 Å². The lowest BCUT2D eigenvalue weighted by molar-refractivity contribution is -0.125. The average Bonchev–Trinajstić information content (AvgIpc) is 2.69. The fraction of sp³-hybridized carbons (Fsp3) is 0.917. The Morgan fingerprint density at radius 3 is 2.81 bits per heavy atom. The molecule has 0 aromatic rings. The summed E-state index contributed by atoms with van der Waals surface area (Å²) in [5.74, 6) is 0.317. The zero-order valence-electron chi connectivity index (χ0n) is 10.8. The van der Waals surface area contributed by atoms with Crippen LogP contribution in [0.15, 0.2) is 0 Å².